The van der Waals surface area contributed by atoms with Crippen LogP contribution in [-0.4, -0.2) is 57.2 Å². The SMILES string of the molecule is COCCCN/C=C(/C#N)C(=O)N1CCN(c2ccc(F)cc2)CC1. The van der Waals surface area contributed by atoms with Gasteiger partial charge < -0.3 is 19.9 Å². The number of rotatable bonds is 7. The summed E-state index contributed by atoms with van der Waals surface area (Å²) < 4.78 is 17.9. The summed E-state index contributed by atoms with van der Waals surface area (Å²) in [5.41, 5.74) is 1.04. The van der Waals surface area contributed by atoms with Gasteiger partial charge in [0.25, 0.3) is 5.91 Å². The first kappa shape index (κ1) is 18.7. The minimum atomic E-state index is -0.264. The van der Waals surface area contributed by atoms with Crippen molar-refractivity contribution in [1.29, 1.82) is 5.26 Å². The zero-order chi connectivity index (χ0) is 18.1. The maximum atomic E-state index is 13.0. The molecule has 7 heteroatoms. The highest BCUT2D eigenvalue weighted by Crippen LogP contribution is 2.17. The molecule has 0 spiro atoms. The fourth-order valence-electron chi connectivity index (χ4n) is 2.62. The summed E-state index contributed by atoms with van der Waals surface area (Å²) in [6, 6.07) is 8.29. The Kier molecular flexibility index (Phi) is 7.23. The monoisotopic (exact) mass is 346 g/mol. The Morgan fingerprint density at radius 3 is 2.60 bits per heavy atom. The number of carbonyl (C=O) groups excluding carboxylic acids is 1. The Labute approximate surface area is 147 Å². The lowest BCUT2D eigenvalue weighted by Crippen LogP contribution is -2.49. The largest absolute Gasteiger partial charge is 0.390 e. The van der Waals surface area contributed by atoms with Crippen molar-refractivity contribution < 1.29 is 13.9 Å². The summed E-state index contributed by atoms with van der Waals surface area (Å²) >= 11 is 0. The number of halogens is 1. The molecule has 1 aromatic rings. The third-order valence-corrected chi connectivity index (χ3v) is 4.03. The molecule has 0 atom stereocenters. The summed E-state index contributed by atoms with van der Waals surface area (Å²) in [5, 5.41) is 12.2. The average molecular weight is 346 g/mol. The standard InChI is InChI=1S/C18H23FN4O2/c1-25-12-2-7-21-14-15(13-20)18(24)23-10-8-22(9-11-23)17-5-3-16(19)4-6-17/h3-6,14,21H,2,7-12H2,1H3/b15-14-. The van der Waals surface area contributed by atoms with E-state index in [2.05, 4.69) is 10.2 Å². The van der Waals surface area contributed by atoms with Crippen molar-refractivity contribution in [2.75, 3.05) is 51.3 Å². The Morgan fingerprint density at radius 2 is 2.00 bits per heavy atom. The molecule has 25 heavy (non-hydrogen) atoms. The number of carbonyl (C=O) groups is 1. The average Bonchev–Trinajstić information content (AvgIpc) is 2.65. The Hall–Kier alpha value is -2.59. The van der Waals surface area contributed by atoms with Crippen LogP contribution in [0.15, 0.2) is 36.0 Å². The van der Waals surface area contributed by atoms with Gasteiger partial charge in [0.2, 0.25) is 0 Å². The highest BCUT2D eigenvalue weighted by molar-refractivity contribution is 5.97. The lowest BCUT2D eigenvalue weighted by Gasteiger charge is -2.36. The van der Waals surface area contributed by atoms with Gasteiger partial charge in [0.1, 0.15) is 17.5 Å². The molecule has 1 aromatic carbocycles. The summed E-state index contributed by atoms with van der Waals surface area (Å²) in [5.74, 6) is -0.528. The van der Waals surface area contributed by atoms with Crippen LogP contribution in [0.4, 0.5) is 10.1 Å². The minimum absolute atomic E-state index is 0.104. The summed E-state index contributed by atoms with van der Waals surface area (Å²) in [6.07, 6.45) is 2.28. The van der Waals surface area contributed by atoms with Crippen LogP contribution in [0.25, 0.3) is 0 Å². The summed E-state index contributed by atoms with van der Waals surface area (Å²) in [6.45, 7) is 3.62. The number of nitriles is 1. The quantitative estimate of drug-likeness (QED) is 0.460. The van der Waals surface area contributed by atoms with E-state index in [0.717, 1.165) is 12.1 Å². The van der Waals surface area contributed by atoms with E-state index in [0.29, 0.717) is 39.3 Å². The van der Waals surface area contributed by atoms with E-state index < -0.39 is 0 Å². The molecular formula is C18H23FN4O2. The lowest BCUT2D eigenvalue weighted by atomic mass is 10.2. The number of methoxy groups -OCH3 is 1. The molecule has 134 valence electrons. The van der Waals surface area contributed by atoms with Gasteiger partial charge >= 0.3 is 0 Å². The molecule has 0 bridgehead atoms. The van der Waals surface area contributed by atoms with Gasteiger partial charge in [0.05, 0.1) is 0 Å². The van der Waals surface area contributed by atoms with Crippen LogP contribution in [0, 0.1) is 17.1 Å². The number of piperazine rings is 1. The van der Waals surface area contributed by atoms with Crippen LogP contribution >= 0.6 is 0 Å². The smallest absolute Gasteiger partial charge is 0.266 e. The molecule has 1 fully saturated rings. The summed E-state index contributed by atoms with van der Waals surface area (Å²) in [4.78, 5) is 16.2. The number of anilines is 1. The number of hydrogen-bond acceptors (Lipinski definition) is 5. The molecule has 1 aliphatic rings. The fourth-order valence-corrected chi connectivity index (χ4v) is 2.62. The van der Waals surface area contributed by atoms with Crippen molar-refractivity contribution in [2.45, 2.75) is 6.42 Å². The molecule has 1 N–H and O–H groups in total. The normalized spacial score (nSPS) is 15.0. The topological polar surface area (TPSA) is 68.6 Å². The second kappa shape index (κ2) is 9.64. The second-order valence-electron chi connectivity index (χ2n) is 5.73. The molecule has 2 rings (SSSR count). The van der Waals surface area contributed by atoms with Crippen LogP contribution in [0.5, 0.6) is 0 Å². The van der Waals surface area contributed by atoms with Crippen molar-refractivity contribution in [2.24, 2.45) is 0 Å². The molecule has 6 nitrogen and oxygen atoms in total. The summed E-state index contributed by atoms with van der Waals surface area (Å²) in [7, 11) is 1.63. The number of benzene rings is 1. The number of amides is 1. The highest BCUT2D eigenvalue weighted by atomic mass is 19.1. The van der Waals surface area contributed by atoms with E-state index in [1.54, 1.807) is 24.1 Å². The van der Waals surface area contributed by atoms with Gasteiger partial charge in [0.15, 0.2) is 0 Å². The third-order valence-electron chi connectivity index (χ3n) is 4.03. The zero-order valence-electron chi connectivity index (χ0n) is 14.4. The van der Waals surface area contributed by atoms with Crippen LogP contribution in [-0.2, 0) is 9.53 Å². The van der Waals surface area contributed by atoms with Crippen molar-refractivity contribution in [3.63, 3.8) is 0 Å². The third kappa shape index (κ3) is 5.47. The van der Waals surface area contributed by atoms with Gasteiger partial charge in [-0.1, -0.05) is 0 Å². The van der Waals surface area contributed by atoms with Crippen molar-refractivity contribution in [1.82, 2.24) is 10.2 Å². The van der Waals surface area contributed by atoms with Crippen LogP contribution in [0.1, 0.15) is 6.42 Å². The van der Waals surface area contributed by atoms with Gasteiger partial charge in [0, 0.05) is 58.3 Å². The van der Waals surface area contributed by atoms with Gasteiger partial charge in [-0.2, -0.15) is 5.26 Å². The number of nitrogens with one attached hydrogen (secondary N) is 1. The first-order valence-electron chi connectivity index (χ1n) is 8.28. The van der Waals surface area contributed by atoms with Crippen molar-refractivity contribution in [3.8, 4) is 6.07 Å². The molecular weight excluding hydrogens is 323 g/mol. The zero-order valence-corrected chi connectivity index (χ0v) is 14.4. The maximum Gasteiger partial charge on any atom is 0.266 e. The van der Waals surface area contributed by atoms with Crippen LogP contribution < -0.4 is 10.2 Å². The van der Waals surface area contributed by atoms with E-state index in [9.17, 15) is 14.4 Å². The Balaban J connectivity index is 1.85. The van der Waals surface area contributed by atoms with Gasteiger partial charge in [-0.15, -0.1) is 0 Å². The van der Waals surface area contributed by atoms with E-state index in [1.165, 1.54) is 18.3 Å². The predicted molar refractivity (Wildman–Crippen MR) is 93.4 cm³/mol. The molecule has 1 saturated heterocycles. The van der Waals surface area contributed by atoms with Gasteiger partial charge in [-0.05, 0) is 30.7 Å². The van der Waals surface area contributed by atoms with Crippen LogP contribution in [0.2, 0.25) is 0 Å². The molecule has 1 heterocycles. The predicted octanol–water partition coefficient (Wildman–Crippen LogP) is 1.51. The first-order valence-corrected chi connectivity index (χ1v) is 8.28. The fraction of sp³-hybridized carbons (Fsp3) is 0.444. The lowest BCUT2D eigenvalue weighted by molar-refractivity contribution is -0.127. The van der Waals surface area contributed by atoms with Gasteiger partial charge in [-0.3, -0.25) is 4.79 Å². The minimum Gasteiger partial charge on any atom is -0.390 e. The van der Waals surface area contributed by atoms with E-state index in [-0.39, 0.29) is 17.3 Å². The molecule has 0 aromatic heterocycles. The van der Waals surface area contributed by atoms with Crippen LogP contribution in [0.3, 0.4) is 0 Å². The van der Waals surface area contributed by atoms with E-state index in [1.807, 2.05) is 6.07 Å². The number of ether oxygens (including phenoxy) is 1. The number of hydrogen-bond donors (Lipinski definition) is 1. The molecule has 0 aliphatic carbocycles. The molecule has 0 saturated carbocycles. The highest BCUT2D eigenvalue weighted by Gasteiger charge is 2.23. The van der Waals surface area contributed by atoms with Gasteiger partial charge in [-0.25, -0.2) is 4.39 Å². The van der Waals surface area contributed by atoms with Crippen molar-refractivity contribution >= 4 is 11.6 Å². The second-order valence-corrected chi connectivity index (χ2v) is 5.73. The molecule has 1 aliphatic heterocycles. The molecule has 0 radical (unpaired) electrons. The van der Waals surface area contributed by atoms with Crippen molar-refractivity contribution in [3.05, 3.63) is 41.9 Å². The first-order chi connectivity index (χ1) is 12.2. The molecule has 0 unspecified atom stereocenters. The maximum absolute atomic E-state index is 13.0. The number of nitrogens with zero attached hydrogens (tertiary/aromatic N) is 3. The molecule has 1 amide bonds. The van der Waals surface area contributed by atoms with E-state index >= 15 is 0 Å². The Bertz CT molecular complexity index is 631. The Morgan fingerprint density at radius 1 is 1.32 bits per heavy atom. The van der Waals surface area contributed by atoms with E-state index in [4.69, 9.17) is 4.74 Å².